The van der Waals surface area contributed by atoms with Crippen molar-refractivity contribution >= 4 is 45.0 Å². The number of sulfonamides is 1. The van der Waals surface area contributed by atoms with E-state index in [4.69, 9.17) is 4.74 Å². The summed E-state index contributed by atoms with van der Waals surface area (Å²) in [5, 5.41) is 5.63. The van der Waals surface area contributed by atoms with Crippen LogP contribution in [0.1, 0.15) is 32.2 Å². The number of thiazole rings is 1. The first-order chi connectivity index (χ1) is 21.7. The number of nitrogens with zero attached hydrogens (tertiary/aromatic N) is 3. The highest BCUT2D eigenvalue weighted by Crippen LogP contribution is 2.39. The van der Waals surface area contributed by atoms with Crippen LogP contribution in [0.25, 0.3) is 21.8 Å². The zero-order chi connectivity index (χ0) is 33.6. The van der Waals surface area contributed by atoms with E-state index in [9.17, 15) is 26.8 Å². The fourth-order valence-corrected chi connectivity index (χ4v) is 6.19. The van der Waals surface area contributed by atoms with Crippen molar-refractivity contribution in [1.82, 2.24) is 20.3 Å². The van der Waals surface area contributed by atoms with Crippen LogP contribution in [0.5, 0.6) is 0 Å². The Hall–Kier alpha value is -4.83. The monoisotopic (exact) mass is 674 g/mol. The molecule has 0 bridgehead atoms. The van der Waals surface area contributed by atoms with Crippen molar-refractivity contribution in [2.24, 2.45) is 0 Å². The first-order valence-corrected chi connectivity index (χ1v) is 16.0. The molecule has 11 nitrogen and oxygen atoms in total. The summed E-state index contributed by atoms with van der Waals surface area (Å²) in [5.41, 5.74) is -0.963. The number of anilines is 2. The number of alkyl carbamates (subject to hydrolysis) is 1. The molecular formula is C30H29F3N6O5S2. The maximum absolute atomic E-state index is 16.0. The van der Waals surface area contributed by atoms with Gasteiger partial charge < -0.3 is 10.1 Å². The van der Waals surface area contributed by atoms with Crippen molar-refractivity contribution < 1.29 is 35.9 Å². The van der Waals surface area contributed by atoms with E-state index in [0.717, 1.165) is 29.5 Å². The molecule has 2 amide bonds. The number of nitrogens with one attached hydrogen (secondary N) is 3. The fraction of sp³-hybridized carbons (Fsp3) is 0.233. The van der Waals surface area contributed by atoms with E-state index in [1.165, 1.54) is 24.4 Å². The van der Waals surface area contributed by atoms with E-state index in [2.05, 4.69) is 32.2 Å². The number of halogens is 3. The molecule has 0 spiro atoms. The third-order valence-electron chi connectivity index (χ3n) is 5.90. The Kier molecular flexibility index (Phi) is 10.4. The summed E-state index contributed by atoms with van der Waals surface area (Å²) in [7, 11) is -4.73. The highest BCUT2D eigenvalue weighted by molar-refractivity contribution is 7.92. The summed E-state index contributed by atoms with van der Waals surface area (Å²) in [6.07, 6.45) is 2.63. The zero-order valence-corrected chi connectivity index (χ0v) is 26.5. The van der Waals surface area contributed by atoms with Gasteiger partial charge in [0.1, 0.15) is 22.1 Å². The lowest BCUT2D eigenvalue weighted by Gasteiger charge is -2.19. The van der Waals surface area contributed by atoms with Crippen molar-refractivity contribution in [3.8, 4) is 21.8 Å². The number of aryl methyl sites for hydroxylation is 1. The number of ether oxygens (including phenoxy) is 1. The Balaban J connectivity index is 1.69. The molecular weight excluding hydrogens is 645 g/mol. The van der Waals surface area contributed by atoms with E-state index in [0.29, 0.717) is 34.9 Å². The molecule has 16 heteroatoms. The standard InChI is InChI=1S/C30H29F3N6O5S2/c1-5-23(40)37-28-34-15-13-21(36-28)27-26(38-24(45-27)10-7-14-35-29(41)44-30(2,3)4)18-8-6-9-20(25(18)33)39-46(42,43)22-16-17(31)11-12-19(22)32/h5-6,8-9,11-13,15-16,39H,1,7,10,14H2,2-4H3,(H,35,41)(H,34,36,37,40). The summed E-state index contributed by atoms with van der Waals surface area (Å²) in [6, 6.07) is 7.26. The fourth-order valence-electron chi connectivity index (χ4n) is 3.95. The minimum atomic E-state index is -4.73. The minimum Gasteiger partial charge on any atom is -0.444 e. The van der Waals surface area contributed by atoms with Crippen molar-refractivity contribution in [3.05, 3.63) is 83.8 Å². The summed E-state index contributed by atoms with van der Waals surface area (Å²) >= 11 is 1.16. The van der Waals surface area contributed by atoms with Gasteiger partial charge in [-0.3, -0.25) is 14.8 Å². The van der Waals surface area contributed by atoms with Gasteiger partial charge in [-0.25, -0.2) is 41.3 Å². The van der Waals surface area contributed by atoms with Gasteiger partial charge in [-0.2, -0.15) is 0 Å². The molecule has 0 saturated heterocycles. The average Bonchev–Trinajstić information content (AvgIpc) is 3.40. The Morgan fingerprint density at radius 2 is 1.85 bits per heavy atom. The van der Waals surface area contributed by atoms with Gasteiger partial charge in [-0.1, -0.05) is 12.6 Å². The number of carbonyl (C=O) groups excluding carboxylic acids is 2. The van der Waals surface area contributed by atoms with Crippen LogP contribution < -0.4 is 15.4 Å². The Morgan fingerprint density at radius 3 is 2.57 bits per heavy atom. The van der Waals surface area contributed by atoms with Gasteiger partial charge >= 0.3 is 6.09 Å². The zero-order valence-electron chi connectivity index (χ0n) is 24.9. The van der Waals surface area contributed by atoms with E-state index in [-0.39, 0.29) is 29.4 Å². The van der Waals surface area contributed by atoms with Gasteiger partial charge in [0.05, 0.1) is 27.0 Å². The van der Waals surface area contributed by atoms with Crippen molar-refractivity contribution in [2.75, 3.05) is 16.6 Å². The van der Waals surface area contributed by atoms with Crippen LogP contribution >= 0.6 is 11.3 Å². The predicted octanol–water partition coefficient (Wildman–Crippen LogP) is 6.07. The first kappa shape index (κ1) is 34.1. The van der Waals surface area contributed by atoms with E-state index >= 15 is 4.39 Å². The molecule has 2 aromatic heterocycles. The highest BCUT2D eigenvalue weighted by Gasteiger charge is 2.25. The topological polar surface area (TPSA) is 152 Å². The third-order valence-corrected chi connectivity index (χ3v) is 8.41. The molecule has 4 aromatic rings. The van der Waals surface area contributed by atoms with Crippen LogP contribution in [0.3, 0.4) is 0 Å². The molecule has 0 aliphatic rings. The number of benzene rings is 2. The average molecular weight is 675 g/mol. The summed E-state index contributed by atoms with van der Waals surface area (Å²) < 4.78 is 77.0. The number of aromatic nitrogens is 3. The molecule has 0 atom stereocenters. The van der Waals surface area contributed by atoms with E-state index < -0.39 is 55.7 Å². The second kappa shape index (κ2) is 14.1. The second-order valence-electron chi connectivity index (χ2n) is 10.6. The van der Waals surface area contributed by atoms with Gasteiger partial charge in [0.2, 0.25) is 11.9 Å². The Morgan fingerprint density at radius 1 is 1.09 bits per heavy atom. The lowest BCUT2D eigenvalue weighted by molar-refractivity contribution is -0.111. The normalized spacial score (nSPS) is 11.5. The maximum Gasteiger partial charge on any atom is 0.407 e. The van der Waals surface area contributed by atoms with Gasteiger partial charge in [0.15, 0.2) is 5.82 Å². The minimum absolute atomic E-state index is 0.0519. The van der Waals surface area contributed by atoms with Crippen LogP contribution in [0, 0.1) is 17.5 Å². The molecule has 4 rings (SSSR count). The third kappa shape index (κ3) is 8.66. The number of hydrogen-bond acceptors (Lipinski definition) is 9. The first-order valence-electron chi connectivity index (χ1n) is 13.7. The predicted molar refractivity (Wildman–Crippen MR) is 167 cm³/mol. The van der Waals surface area contributed by atoms with Crippen LogP contribution in [0.15, 0.2) is 66.2 Å². The smallest absolute Gasteiger partial charge is 0.407 e. The maximum atomic E-state index is 16.0. The van der Waals surface area contributed by atoms with Gasteiger partial charge in [0, 0.05) is 24.7 Å². The molecule has 0 aliphatic heterocycles. The molecule has 0 unspecified atom stereocenters. The van der Waals surface area contributed by atoms with Crippen molar-refractivity contribution in [1.29, 1.82) is 0 Å². The van der Waals surface area contributed by atoms with E-state index in [1.807, 2.05) is 4.72 Å². The lowest BCUT2D eigenvalue weighted by Crippen LogP contribution is -2.33. The Labute approximate surface area is 267 Å². The van der Waals surface area contributed by atoms with Crippen LogP contribution in [-0.4, -0.2) is 47.5 Å². The van der Waals surface area contributed by atoms with Crippen LogP contribution in [0.4, 0.5) is 29.6 Å². The molecule has 242 valence electrons. The number of amides is 2. The second-order valence-corrected chi connectivity index (χ2v) is 13.4. The molecule has 2 aromatic carbocycles. The molecule has 0 saturated carbocycles. The Bertz CT molecular complexity index is 1890. The van der Waals surface area contributed by atoms with Gasteiger partial charge in [0.25, 0.3) is 10.0 Å². The summed E-state index contributed by atoms with van der Waals surface area (Å²) in [4.78, 5) is 36.2. The molecule has 2 heterocycles. The van der Waals surface area contributed by atoms with Crippen molar-refractivity contribution in [3.63, 3.8) is 0 Å². The summed E-state index contributed by atoms with van der Waals surface area (Å²) in [6.45, 7) is 8.87. The molecule has 0 aliphatic carbocycles. The molecule has 0 fully saturated rings. The van der Waals surface area contributed by atoms with Gasteiger partial charge in [-0.05, 0) is 69.7 Å². The van der Waals surface area contributed by atoms with E-state index in [1.54, 1.807) is 20.8 Å². The lowest BCUT2D eigenvalue weighted by atomic mass is 10.1. The largest absolute Gasteiger partial charge is 0.444 e. The molecule has 46 heavy (non-hydrogen) atoms. The highest BCUT2D eigenvalue weighted by atomic mass is 32.2. The van der Waals surface area contributed by atoms with Crippen LogP contribution in [0.2, 0.25) is 0 Å². The quantitative estimate of drug-likeness (QED) is 0.128. The number of hydrogen-bond donors (Lipinski definition) is 3. The number of carbonyl (C=O) groups is 2. The SMILES string of the molecule is C=CC(=O)Nc1nccc(-c2sc(CCCNC(=O)OC(C)(C)C)nc2-c2cccc(NS(=O)(=O)c3cc(F)ccc3F)c2F)n1. The van der Waals surface area contributed by atoms with Crippen LogP contribution in [-0.2, 0) is 26.0 Å². The van der Waals surface area contributed by atoms with Crippen molar-refractivity contribution in [2.45, 2.75) is 44.1 Å². The summed E-state index contributed by atoms with van der Waals surface area (Å²) in [5.74, 6) is -3.86. The number of rotatable bonds is 11. The molecule has 0 radical (unpaired) electrons. The van der Waals surface area contributed by atoms with Gasteiger partial charge in [-0.15, -0.1) is 11.3 Å². The molecule has 3 N–H and O–H groups in total.